The maximum atomic E-state index is 5.86. The van der Waals surface area contributed by atoms with Crippen LogP contribution >= 0.6 is 0 Å². The quantitative estimate of drug-likeness (QED) is 0.693. The van der Waals surface area contributed by atoms with E-state index in [0.717, 1.165) is 28.8 Å². The highest BCUT2D eigenvalue weighted by Crippen LogP contribution is 2.27. The number of para-hydroxylation sites is 1. The Hall–Kier alpha value is -2.29. The van der Waals surface area contributed by atoms with E-state index in [1.807, 2.05) is 36.4 Å². The summed E-state index contributed by atoms with van der Waals surface area (Å²) in [6.45, 7) is 2.11. The molecule has 18 heavy (non-hydrogen) atoms. The van der Waals surface area contributed by atoms with Gasteiger partial charge in [0, 0.05) is 11.3 Å². The van der Waals surface area contributed by atoms with Gasteiger partial charge in [-0.1, -0.05) is 19.1 Å². The van der Waals surface area contributed by atoms with E-state index in [4.69, 9.17) is 10.2 Å². The van der Waals surface area contributed by atoms with Crippen molar-refractivity contribution in [2.24, 2.45) is 0 Å². The highest BCUT2D eigenvalue weighted by Gasteiger charge is 2.10. The zero-order valence-corrected chi connectivity index (χ0v) is 10.2. The number of nitrogen functional groups attached to an aromatic ring is 1. The van der Waals surface area contributed by atoms with E-state index in [2.05, 4.69) is 18.0 Å². The third-order valence-corrected chi connectivity index (χ3v) is 3.04. The first-order valence-corrected chi connectivity index (χ1v) is 6.02. The van der Waals surface area contributed by atoms with Gasteiger partial charge in [0.1, 0.15) is 5.52 Å². The van der Waals surface area contributed by atoms with Gasteiger partial charge in [0.05, 0.1) is 0 Å². The lowest BCUT2D eigenvalue weighted by Gasteiger charge is -1.96. The van der Waals surface area contributed by atoms with Gasteiger partial charge in [-0.25, -0.2) is 4.98 Å². The van der Waals surface area contributed by atoms with Crippen molar-refractivity contribution >= 4 is 16.8 Å². The normalized spacial score (nSPS) is 10.9. The van der Waals surface area contributed by atoms with Gasteiger partial charge in [-0.3, -0.25) is 0 Å². The second kappa shape index (κ2) is 4.18. The van der Waals surface area contributed by atoms with Crippen molar-refractivity contribution in [2.45, 2.75) is 13.3 Å². The second-order valence-corrected chi connectivity index (χ2v) is 4.26. The number of benzene rings is 2. The lowest BCUT2D eigenvalue weighted by molar-refractivity contribution is 0.615. The fourth-order valence-corrected chi connectivity index (χ4v) is 2.03. The zero-order chi connectivity index (χ0) is 12.5. The molecule has 3 aromatic rings. The zero-order valence-electron chi connectivity index (χ0n) is 10.2. The summed E-state index contributed by atoms with van der Waals surface area (Å²) in [6, 6.07) is 13.6. The first kappa shape index (κ1) is 10.8. The van der Waals surface area contributed by atoms with Crippen molar-refractivity contribution in [3.05, 3.63) is 48.0 Å². The Morgan fingerprint density at radius 3 is 2.61 bits per heavy atom. The van der Waals surface area contributed by atoms with Crippen LogP contribution in [0.4, 0.5) is 5.69 Å². The molecule has 0 aliphatic heterocycles. The van der Waals surface area contributed by atoms with E-state index >= 15 is 0 Å². The van der Waals surface area contributed by atoms with E-state index in [9.17, 15) is 0 Å². The molecular formula is C15H14N2O. The van der Waals surface area contributed by atoms with Crippen LogP contribution in [0.25, 0.3) is 22.6 Å². The summed E-state index contributed by atoms with van der Waals surface area (Å²) >= 11 is 0. The molecule has 2 N–H and O–H groups in total. The molecular weight excluding hydrogens is 224 g/mol. The Morgan fingerprint density at radius 2 is 1.89 bits per heavy atom. The van der Waals surface area contributed by atoms with Crippen molar-refractivity contribution in [1.29, 1.82) is 0 Å². The molecule has 3 heteroatoms. The van der Waals surface area contributed by atoms with Crippen LogP contribution in [-0.2, 0) is 6.42 Å². The van der Waals surface area contributed by atoms with Gasteiger partial charge in [-0.05, 0) is 42.3 Å². The number of oxazole rings is 1. The number of nitrogens with two attached hydrogens (primary N) is 1. The summed E-state index contributed by atoms with van der Waals surface area (Å²) in [7, 11) is 0. The molecule has 0 saturated carbocycles. The predicted molar refractivity (Wildman–Crippen MR) is 73.2 cm³/mol. The van der Waals surface area contributed by atoms with Crippen LogP contribution in [0.1, 0.15) is 12.5 Å². The van der Waals surface area contributed by atoms with Crippen molar-refractivity contribution in [3.8, 4) is 11.5 Å². The molecule has 0 saturated heterocycles. The molecule has 0 amide bonds. The summed E-state index contributed by atoms with van der Waals surface area (Å²) in [5.74, 6) is 0.644. The SMILES string of the molecule is CCc1cccc2nc(-c3ccc(N)cc3)oc12. The predicted octanol–water partition coefficient (Wildman–Crippen LogP) is 3.64. The van der Waals surface area contributed by atoms with Crippen molar-refractivity contribution < 1.29 is 4.42 Å². The summed E-state index contributed by atoms with van der Waals surface area (Å²) in [6.07, 6.45) is 0.938. The van der Waals surface area contributed by atoms with Crippen LogP contribution in [0.3, 0.4) is 0 Å². The second-order valence-electron chi connectivity index (χ2n) is 4.26. The molecule has 0 bridgehead atoms. The Labute approximate surface area is 105 Å². The number of anilines is 1. The van der Waals surface area contributed by atoms with E-state index in [0.29, 0.717) is 5.89 Å². The average molecular weight is 238 g/mol. The monoisotopic (exact) mass is 238 g/mol. The summed E-state index contributed by atoms with van der Waals surface area (Å²) < 4.78 is 5.86. The fourth-order valence-electron chi connectivity index (χ4n) is 2.03. The molecule has 0 spiro atoms. The van der Waals surface area contributed by atoms with E-state index in [-0.39, 0.29) is 0 Å². The van der Waals surface area contributed by atoms with Crippen molar-refractivity contribution in [2.75, 3.05) is 5.73 Å². The van der Waals surface area contributed by atoms with E-state index in [1.54, 1.807) is 0 Å². The largest absolute Gasteiger partial charge is 0.436 e. The van der Waals surface area contributed by atoms with Gasteiger partial charge in [0.2, 0.25) is 5.89 Å². The first-order chi connectivity index (χ1) is 8.78. The maximum Gasteiger partial charge on any atom is 0.227 e. The summed E-state index contributed by atoms with van der Waals surface area (Å²) in [4.78, 5) is 4.51. The van der Waals surface area contributed by atoms with Gasteiger partial charge in [0.15, 0.2) is 5.58 Å². The molecule has 3 nitrogen and oxygen atoms in total. The summed E-state index contributed by atoms with van der Waals surface area (Å²) in [5, 5.41) is 0. The molecule has 90 valence electrons. The molecule has 0 radical (unpaired) electrons. The van der Waals surface area contributed by atoms with Crippen LogP contribution in [0, 0.1) is 0 Å². The number of aromatic nitrogens is 1. The van der Waals surface area contributed by atoms with Gasteiger partial charge in [0.25, 0.3) is 0 Å². The average Bonchev–Trinajstić information content (AvgIpc) is 2.83. The maximum absolute atomic E-state index is 5.86. The third kappa shape index (κ3) is 1.74. The van der Waals surface area contributed by atoms with Gasteiger partial charge < -0.3 is 10.2 Å². The number of aryl methyl sites for hydroxylation is 1. The smallest absolute Gasteiger partial charge is 0.227 e. The van der Waals surface area contributed by atoms with Gasteiger partial charge in [-0.15, -0.1) is 0 Å². The minimum absolute atomic E-state index is 0.644. The minimum atomic E-state index is 0.644. The third-order valence-electron chi connectivity index (χ3n) is 3.04. The van der Waals surface area contributed by atoms with Crippen molar-refractivity contribution in [3.63, 3.8) is 0 Å². The number of hydrogen-bond acceptors (Lipinski definition) is 3. The molecule has 0 atom stereocenters. The summed E-state index contributed by atoms with van der Waals surface area (Å²) in [5.41, 5.74) is 10.3. The standard InChI is InChI=1S/C15H14N2O/c1-2-10-4-3-5-13-14(10)18-15(17-13)11-6-8-12(16)9-7-11/h3-9H,2,16H2,1H3. The first-order valence-electron chi connectivity index (χ1n) is 6.02. The Bertz CT molecular complexity index is 683. The minimum Gasteiger partial charge on any atom is -0.436 e. The topological polar surface area (TPSA) is 52.0 Å². The molecule has 0 aliphatic carbocycles. The highest BCUT2D eigenvalue weighted by molar-refractivity contribution is 5.79. The lowest BCUT2D eigenvalue weighted by atomic mass is 10.1. The van der Waals surface area contributed by atoms with Crippen LogP contribution in [0.5, 0.6) is 0 Å². The van der Waals surface area contributed by atoms with Crippen LogP contribution in [0.2, 0.25) is 0 Å². The van der Waals surface area contributed by atoms with E-state index in [1.165, 1.54) is 5.56 Å². The molecule has 0 aliphatic rings. The Kier molecular flexibility index (Phi) is 2.52. The molecule has 2 aromatic carbocycles. The van der Waals surface area contributed by atoms with Gasteiger partial charge >= 0.3 is 0 Å². The molecule has 0 fully saturated rings. The molecule has 3 rings (SSSR count). The van der Waals surface area contributed by atoms with Crippen LogP contribution in [0.15, 0.2) is 46.9 Å². The lowest BCUT2D eigenvalue weighted by Crippen LogP contribution is -1.83. The fraction of sp³-hybridized carbons (Fsp3) is 0.133. The number of rotatable bonds is 2. The number of hydrogen-bond donors (Lipinski definition) is 1. The number of nitrogens with zero attached hydrogens (tertiary/aromatic N) is 1. The van der Waals surface area contributed by atoms with Crippen LogP contribution < -0.4 is 5.73 Å². The Balaban J connectivity index is 2.16. The van der Waals surface area contributed by atoms with Crippen molar-refractivity contribution in [1.82, 2.24) is 4.98 Å². The number of fused-ring (bicyclic) bond motifs is 1. The van der Waals surface area contributed by atoms with E-state index < -0.39 is 0 Å². The molecule has 1 aromatic heterocycles. The van der Waals surface area contributed by atoms with Gasteiger partial charge in [-0.2, -0.15) is 0 Å². The highest BCUT2D eigenvalue weighted by atomic mass is 16.3. The van der Waals surface area contributed by atoms with Crippen LogP contribution in [-0.4, -0.2) is 4.98 Å². The molecule has 0 unspecified atom stereocenters. The Morgan fingerprint density at radius 1 is 1.11 bits per heavy atom. The molecule has 1 heterocycles.